The predicted octanol–water partition coefficient (Wildman–Crippen LogP) is 7.14. The molecule has 0 bridgehead atoms. The van der Waals surface area contributed by atoms with Crippen molar-refractivity contribution in [3.63, 3.8) is 0 Å². The molecule has 2 unspecified atom stereocenters. The van der Waals surface area contributed by atoms with Crippen LogP contribution in [0.25, 0.3) is 0 Å². The van der Waals surface area contributed by atoms with E-state index in [0.717, 1.165) is 12.8 Å². The van der Waals surface area contributed by atoms with E-state index < -0.39 is 12.1 Å². The van der Waals surface area contributed by atoms with Gasteiger partial charge in [-0.3, -0.25) is 4.79 Å². The molecule has 0 amide bonds. The summed E-state index contributed by atoms with van der Waals surface area (Å²) in [5.41, 5.74) is 6.63. The summed E-state index contributed by atoms with van der Waals surface area (Å²) < 4.78 is 30.2. The van der Waals surface area contributed by atoms with E-state index in [0.29, 0.717) is 12.5 Å². The number of hydrogen-bond donors (Lipinski definition) is 1. The first kappa shape index (κ1) is 34.5. The van der Waals surface area contributed by atoms with Gasteiger partial charge in [0.05, 0.1) is 24.9 Å². The van der Waals surface area contributed by atoms with Crippen molar-refractivity contribution >= 4 is 5.97 Å². The molecule has 8 atom stereocenters. The average Bonchev–Trinajstić information content (AvgIpc) is 3.20. The molecule has 0 aromatic carbocycles. The quantitative estimate of drug-likeness (QED) is 0.134. The molecule has 0 radical (unpaired) electrons. The first-order valence-electron chi connectivity index (χ1n) is 16.1. The minimum Gasteiger partial charge on any atom is -0.463 e. The number of nitrogens with two attached hydrogens (primary N) is 1. The van der Waals surface area contributed by atoms with Gasteiger partial charge in [-0.1, -0.05) is 105 Å². The van der Waals surface area contributed by atoms with Crippen molar-refractivity contribution in [1.29, 1.82) is 0 Å². The Morgan fingerprint density at radius 2 is 1.38 bits per heavy atom. The molecule has 0 aliphatic carbocycles. The van der Waals surface area contributed by atoms with Crippen molar-refractivity contribution in [2.24, 2.45) is 23.5 Å². The van der Waals surface area contributed by atoms with Gasteiger partial charge in [0.25, 0.3) is 0 Å². The van der Waals surface area contributed by atoms with Crippen molar-refractivity contribution in [3.8, 4) is 0 Å². The van der Waals surface area contributed by atoms with Crippen LogP contribution in [-0.2, 0) is 28.5 Å². The maximum absolute atomic E-state index is 11.3. The topological polar surface area (TPSA) is 89.2 Å². The minimum atomic E-state index is -0.641. The Hall–Kier alpha value is -0.730. The maximum Gasteiger partial charge on any atom is 0.302 e. The van der Waals surface area contributed by atoms with E-state index in [1.807, 2.05) is 13.8 Å². The summed E-state index contributed by atoms with van der Waals surface area (Å²) in [6.07, 6.45) is 16.1. The smallest absolute Gasteiger partial charge is 0.302 e. The highest BCUT2D eigenvalue weighted by Crippen LogP contribution is 2.37. The molecule has 7 heteroatoms. The number of carbonyl (C=O) groups is 1. The highest BCUT2D eigenvalue weighted by atomic mass is 16.8. The summed E-state index contributed by atoms with van der Waals surface area (Å²) >= 11 is 0. The Morgan fingerprint density at radius 1 is 0.821 bits per heavy atom. The summed E-state index contributed by atoms with van der Waals surface area (Å²) in [6, 6.07) is -0.313. The van der Waals surface area contributed by atoms with E-state index in [9.17, 15) is 4.79 Å². The molecule has 7 nitrogen and oxygen atoms in total. The Bertz CT molecular complexity index is 673. The molecular weight excluding hydrogens is 494 g/mol. The monoisotopic (exact) mass is 555 g/mol. The van der Waals surface area contributed by atoms with Crippen molar-refractivity contribution in [3.05, 3.63) is 0 Å². The summed E-state index contributed by atoms with van der Waals surface area (Å²) in [7, 11) is 0. The van der Waals surface area contributed by atoms with Gasteiger partial charge in [0.15, 0.2) is 12.1 Å². The van der Waals surface area contributed by atoms with Crippen LogP contribution < -0.4 is 5.73 Å². The van der Waals surface area contributed by atoms with Gasteiger partial charge in [-0.25, -0.2) is 0 Å². The van der Waals surface area contributed by atoms with Crippen LogP contribution in [-0.4, -0.2) is 55.6 Å². The molecule has 0 aromatic heterocycles. The van der Waals surface area contributed by atoms with Gasteiger partial charge in [-0.2, -0.15) is 0 Å². The van der Waals surface area contributed by atoms with Gasteiger partial charge in [0.1, 0.15) is 12.7 Å². The largest absolute Gasteiger partial charge is 0.463 e. The lowest BCUT2D eigenvalue weighted by Crippen LogP contribution is -2.50. The number of carbonyl (C=O) groups excluding carboxylic acids is 1. The lowest BCUT2D eigenvalue weighted by molar-refractivity contribution is -0.258. The van der Waals surface area contributed by atoms with Gasteiger partial charge in [0.2, 0.25) is 0 Å². The molecule has 2 fully saturated rings. The van der Waals surface area contributed by atoms with Crippen molar-refractivity contribution in [1.82, 2.24) is 0 Å². The van der Waals surface area contributed by atoms with Gasteiger partial charge in [-0.05, 0) is 32.1 Å². The zero-order valence-electron chi connectivity index (χ0n) is 26.3. The minimum absolute atomic E-state index is 0.0259. The van der Waals surface area contributed by atoms with E-state index in [-0.39, 0.29) is 48.8 Å². The van der Waals surface area contributed by atoms with Crippen molar-refractivity contribution in [2.45, 2.75) is 168 Å². The molecular formula is C32H61NO6. The summed E-state index contributed by atoms with van der Waals surface area (Å²) in [5.74, 6) is -0.103. The second kappa shape index (κ2) is 17.9. The molecule has 230 valence electrons. The Morgan fingerprint density at radius 3 is 1.95 bits per heavy atom. The van der Waals surface area contributed by atoms with Gasteiger partial charge in [0, 0.05) is 12.8 Å². The summed E-state index contributed by atoms with van der Waals surface area (Å²) in [5, 5.41) is 0. The molecule has 2 rings (SSSR count). The maximum atomic E-state index is 11.3. The van der Waals surface area contributed by atoms with Crippen LogP contribution in [0.4, 0.5) is 0 Å². The van der Waals surface area contributed by atoms with Crippen LogP contribution in [0.15, 0.2) is 0 Å². The highest BCUT2D eigenvalue weighted by molar-refractivity contribution is 5.65. The third-order valence-corrected chi connectivity index (χ3v) is 8.87. The molecule has 0 aromatic rings. The van der Waals surface area contributed by atoms with E-state index in [2.05, 4.69) is 27.7 Å². The fraction of sp³-hybridized carbons (Fsp3) is 0.969. The summed E-state index contributed by atoms with van der Waals surface area (Å²) in [6.45, 7) is 14.7. The Kier molecular flexibility index (Phi) is 15.9. The summed E-state index contributed by atoms with van der Waals surface area (Å²) in [4.78, 5) is 11.3. The number of esters is 1. The first-order valence-corrected chi connectivity index (χ1v) is 16.1. The zero-order valence-corrected chi connectivity index (χ0v) is 26.3. The molecule has 2 N–H and O–H groups in total. The SMILES string of the molecule is CCCCCCCCCCCCCC[C@H]1OC(C)(C)O[C@H]1[C@@H](N)CO[C@H]1OC(COC(C)=O)[C@@H](C)[C@H](C)C1C. The van der Waals surface area contributed by atoms with Gasteiger partial charge < -0.3 is 29.4 Å². The molecule has 0 spiro atoms. The number of unbranched alkanes of at least 4 members (excludes halogenated alkanes) is 11. The van der Waals surface area contributed by atoms with Crippen LogP contribution in [0, 0.1) is 17.8 Å². The van der Waals surface area contributed by atoms with Crippen LogP contribution in [0.1, 0.15) is 132 Å². The van der Waals surface area contributed by atoms with E-state index in [1.54, 1.807) is 0 Å². The molecule has 2 saturated heterocycles. The zero-order chi connectivity index (χ0) is 28.8. The van der Waals surface area contributed by atoms with Crippen LogP contribution >= 0.6 is 0 Å². The lowest BCUT2D eigenvalue weighted by Gasteiger charge is -2.43. The molecule has 2 aliphatic rings. The number of ether oxygens (including phenoxy) is 5. The first-order chi connectivity index (χ1) is 18.6. The number of hydrogen-bond acceptors (Lipinski definition) is 7. The van der Waals surface area contributed by atoms with Gasteiger partial charge in [-0.15, -0.1) is 0 Å². The van der Waals surface area contributed by atoms with Crippen molar-refractivity contribution in [2.75, 3.05) is 13.2 Å². The second-order valence-electron chi connectivity index (χ2n) is 12.7. The third-order valence-electron chi connectivity index (χ3n) is 8.87. The normalized spacial score (nSPS) is 31.3. The molecule has 39 heavy (non-hydrogen) atoms. The molecule has 2 aliphatic heterocycles. The molecule has 2 heterocycles. The van der Waals surface area contributed by atoms with Crippen molar-refractivity contribution < 1.29 is 28.5 Å². The van der Waals surface area contributed by atoms with Crippen LogP contribution in [0.3, 0.4) is 0 Å². The predicted molar refractivity (Wildman–Crippen MR) is 156 cm³/mol. The third kappa shape index (κ3) is 12.4. The molecule has 0 saturated carbocycles. The number of rotatable bonds is 19. The second-order valence-corrected chi connectivity index (χ2v) is 12.7. The standard InChI is InChI=1S/C32H61NO6/c1-8-9-10-11-12-13-14-15-16-17-18-19-20-28-30(39-32(6,7)38-28)27(33)21-36-31-25(4)23(2)24(3)29(37-31)22-35-26(5)34/h23-25,27-31H,8-22,33H2,1-7H3/t23-,24-,25?,27-,28+,29?,30-,31-/m0/s1. The Balaban J connectivity index is 1.71. The highest BCUT2D eigenvalue weighted by Gasteiger charge is 2.45. The Labute approximate surface area is 239 Å². The average molecular weight is 556 g/mol. The van der Waals surface area contributed by atoms with E-state index >= 15 is 0 Å². The fourth-order valence-electron chi connectivity index (χ4n) is 6.00. The van der Waals surface area contributed by atoms with Crippen LogP contribution in [0.2, 0.25) is 0 Å². The van der Waals surface area contributed by atoms with E-state index in [4.69, 9.17) is 29.4 Å². The van der Waals surface area contributed by atoms with Gasteiger partial charge >= 0.3 is 5.97 Å². The fourth-order valence-corrected chi connectivity index (χ4v) is 6.00. The van der Waals surface area contributed by atoms with Crippen LogP contribution in [0.5, 0.6) is 0 Å². The van der Waals surface area contributed by atoms with E-state index in [1.165, 1.54) is 77.6 Å². The lowest BCUT2D eigenvalue weighted by atomic mass is 9.79.